The second kappa shape index (κ2) is 11.8. The first-order chi connectivity index (χ1) is 16.7. The normalized spacial score (nSPS) is 10.9. The molecule has 0 atom stereocenters. The maximum atomic E-state index is 12.9. The lowest BCUT2D eigenvalue weighted by Gasteiger charge is -2.13. The van der Waals surface area contributed by atoms with E-state index in [1.165, 1.54) is 6.08 Å². The molecule has 8 heteroatoms. The molecule has 0 saturated heterocycles. The summed E-state index contributed by atoms with van der Waals surface area (Å²) in [6.07, 6.45) is 1.43. The van der Waals surface area contributed by atoms with Gasteiger partial charge in [0.1, 0.15) is 17.4 Å². The fraction of sp³-hybridized carbons (Fsp3) is 0.148. The van der Waals surface area contributed by atoms with E-state index in [2.05, 4.69) is 42.5 Å². The van der Waals surface area contributed by atoms with E-state index in [1.54, 1.807) is 18.2 Å². The number of benzene rings is 3. The van der Waals surface area contributed by atoms with E-state index in [1.807, 2.05) is 63.2 Å². The molecule has 178 valence electrons. The highest BCUT2D eigenvalue weighted by Gasteiger charge is 2.16. The van der Waals surface area contributed by atoms with Crippen LogP contribution in [0.1, 0.15) is 22.3 Å². The Labute approximate surface area is 221 Å². The number of nitriles is 1. The van der Waals surface area contributed by atoms with Crippen molar-refractivity contribution >= 4 is 61.1 Å². The van der Waals surface area contributed by atoms with Crippen molar-refractivity contribution in [3.05, 3.63) is 91.4 Å². The molecule has 35 heavy (non-hydrogen) atoms. The van der Waals surface area contributed by atoms with Gasteiger partial charge in [-0.25, -0.2) is 0 Å². The third-order valence-electron chi connectivity index (χ3n) is 5.24. The van der Waals surface area contributed by atoms with Crippen molar-refractivity contribution in [2.75, 3.05) is 17.2 Å². The van der Waals surface area contributed by atoms with Gasteiger partial charge in [0.2, 0.25) is 0 Å². The predicted octanol–water partition coefficient (Wildman–Crippen LogP) is 6.70. The van der Waals surface area contributed by atoms with Crippen LogP contribution in [-0.4, -0.2) is 18.4 Å². The summed E-state index contributed by atoms with van der Waals surface area (Å²) in [5.74, 6) is -0.549. The van der Waals surface area contributed by atoms with Gasteiger partial charge in [0.25, 0.3) is 11.8 Å². The molecule has 0 aliphatic heterocycles. The number of rotatable bonds is 7. The molecule has 2 N–H and O–H groups in total. The van der Waals surface area contributed by atoms with E-state index in [9.17, 15) is 14.9 Å². The van der Waals surface area contributed by atoms with Crippen LogP contribution >= 0.6 is 31.9 Å². The van der Waals surface area contributed by atoms with Gasteiger partial charge in [-0.2, -0.15) is 5.26 Å². The second-order valence-electron chi connectivity index (χ2n) is 7.88. The Balaban J connectivity index is 1.82. The lowest BCUT2D eigenvalue weighted by atomic mass is 10.1. The molecule has 3 aromatic carbocycles. The van der Waals surface area contributed by atoms with Crippen LogP contribution in [0.25, 0.3) is 6.08 Å². The maximum Gasteiger partial charge on any atom is 0.266 e. The third-order valence-corrected chi connectivity index (χ3v) is 6.28. The fourth-order valence-electron chi connectivity index (χ4n) is 3.19. The molecular formula is C27H23Br2N3O3. The summed E-state index contributed by atoms with van der Waals surface area (Å²) in [4.78, 5) is 25.3. The molecule has 6 nitrogen and oxygen atoms in total. The van der Waals surface area contributed by atoms with Crippen LogP contribution in [0, 0.1) is 32.1 Å². The van der Waals surface area contributed by atoms with Crippen molar-refractivity contribution < 1.29 is 14.3 Å². The Morgan fingerprint density at radius 1 is 1.03 bits per heavy atom. The van der Waals surface area contributed by atoms with Crippen LogP contribution in [0.3, 0.4) is 0 Å². The molecule has 3 aromatic rings. The summed E-state index contributed by atoms with van der Waals surface area (Å²) in [5, 5.41) is 15.3. The topological polar surface area (TPSA) is 91.2 Å². The summed E-state index contributed by atoms with van der Waals surface area (Å²) >= 11 is 6.86. The minimum Gasteiger partial charge on any atom is -0.482 e. The Morgan fingerprint density at radius 3 is 2.43 bits per heavy atom. The lowest BCUT2D eigenvalue weighted by molar-refractivity contribution is -0.118. The average molecular weight is 597 g/mol. The molecule has 0 aliphatic carbocycles. The fourth-order valence-corrected chi connectivity index (χ4v) is 4.56. The van der Waals surface area contributed by atoms with E-state index in [0.29, 0.717) is 31.6 Å². The van der Waals surface area contributed by atoms with E-state index in [4.69, 9.17) is 4.74 Å². The van der Waals surface area contributed by atoms with E-state index in [0.717, 1.165) is 16.7 Å². The molecule has 0 heterocycles. The Morgan fingerprint density at radius 2 is 1.74 bits per heavy atom. The molecule has 2 amide bonds. The molecule has 0 saturated carbocycles. The van der Waals surface area contributed by atoms with E-state index in [-0.39, 0.29) is 18.1 Å². The number of nitrogens with one attached hydrogen (secondary N) is 2. The first kappa shape index (κ1) is 26.2. The highest BCUT2D eigenvalue weighted by molar-refractivity contribution is 9.11. The van der Waals surface area contributed by atoms with Crippen molar-refractivity contribution in [1.29, 1.82) is 5.26 Å². The first-order valence-corrected chi connectivity index (χ1v) is 12.2. The molecule has 0 bridgehead atoms. The van der Waals surface area contributed by atoms with E-state index >= 15 is 0 Å². The summed E-state index contributed by atoms with van der Waals surface area (Å²) in [6.45, 7) is 5.56. The predicted molar refractivity (Wildman–Crippen MR) is 145 cm³/mol. The van der Waals surface area contributed by atoms with Crippen molar-refractivity contribution in [3.8, 4) is 11.8 Å². The highest BCUT2D eigenvalue weighted by atomic mass is 79.9. The summed E-state index contributed by atoms with van der Waals surface area (Å²) < 4.78 is 7.06. The average Bonchev–Trinajstić information content (AvgIpc) is 2.81. The van der Waals surface area contributed by atoms with Crippen LogP contribution < -0.4 is 15.4 Å². The van der Waals surface area contributed by atoms with Gasteiger partial charge in [-0.15, -0.1) is 0 Å². The van der Waals surface area contributed by atoms with Gasteiger partial charge in [-0.1, -0.05) is 45.8 Å². The monoisotopic (exact) mass is 595 g/mol. The van der Waals surface area contributed by atoms with Gasteiger partial charge >= 0.3 is 0 Å². The Bertz CT molecular complexity index is 1340. The summed E-state index contributed by atoms with van der Waals surface area (Å²) in [6, 6.07) is 18.4. The molecular weight excluding hydrogens is 574 g/mol. The Kier molecular flexibility index (Phi) is 8.85. The zero-order chi connectivity index (χ0) is 25.5. The van der Waals surface area contributed by atoms with Gasteiger partial charge < -0.3 is 15.4 Å². The number of hydrogen-bond acceptors (Lipinski definition) is 4. The van der Waals surface area contributed by atoms with Crippen LogP contribution in [0.15, 0.2) is 69.1 Å². The largest absolute Gasteiger partial charge is 0.482 e. The lowest BCUT2D eigenvalue weighted by Crippen LogP contribution is -2.20. The highest BCUT2D eigenvalue weighted by Crippen LogP contribution is 2.34. The molecule has 3 rings (SSSR count). The number of ether oxygens (including phenoxy) is 1. The van der Waals surface area contributed by atoms with Crippen LogP contribution in [0.2, 0.25) is 0 Å². The molecule has 0 fully saturated rings. The van der Waals surface area contributed by atoms with E-state index < -0.39 is 5.91 Å². The molecule has 0 spiro atoms. The number of aryl methyl sites for hydroxylation is 2. The van der Waals surface area contributed by atoms with Gasteiger partial charge in [0.05, 0.1) is 4.47 Å². The third kappa shape index (κ3) is 7.04. The van der Waals surface area contributed by atoms with Gasteiger partial charge in [0, 0.05) is 21.4 Å². The SMILES string of the molecule is Cc1ccc(NC(=O)COc2c(Br)cc(Br)cc2/C=C(/C#N)C(=O)Nc2cccc(C)c2C)cc1. The van der Waals surface area contributed by atoms with Crippen LogP contribution in [0.4, 0.5) is 11.4 Å². The standard InChI is InChI=1S/C27H23Br2N3O3/c1-16-7-9-22(10-8-16)31-25(33)15-35-26-19(12-21(28)13-23(26)29)11-20(14-30)27(34)32-24-6-4-5-17(2)18(24)3/h4-13H,15H2,1-3H3,(H,31,33)(H,32,34)/b20-11-. The number of halogens is 2. The number of amides is 2. The number of nitrogens with zero attached hydrogens (tertiary/aromatic N) is 1. The minimum atomic E-state index is -0.541. The quantitative estimate of drug-likeness (QED) is 0.234. The smallest absolute Gasteiger partial charge is 0.266 e. The van der Waals surface area contributed by atoms with Crippen LogP contribution in [0.5, 0.6) is 5.75 Å². The number of hydrogen-bond donors (Lipinski definition) is 2. The van der Waals surface area contributed by atoms with Crippen LogP contribution in [-0.2, 0) is 9.59 Å². The first-order valence-electron chi connectivity index (χ1n) is 10.7. The van der Waals surface area contributed by atoms with Gasteiger partial charge in [-0.05, 0) is 84.2 Å². The summed E-state index contributed by atoms with van der Waals surface area (Å²) in [5.41, 5.74) is 4.69. The number of carbonyl (C=O) groups is 2. The minimum absolute atomic E-state index is 0.107. The second-order valence-corrected chi connectivity index (χ2v) is 9.65. The Hall–Kier alpha value is -3.41. The number of anilines is 2. The van der Waals surface area contributed by atoms with Gasteiger partial charge in [0.15, 0.2) is 6.61 Å². The zero-order valence-corrected chi connectivity index (χ0v) is 22.6. The maximum absolute atomic E-state index is 12.9. The molecule has 0 radical (unpaired) electrons. The molecule has 0 aliphatic rings. The van der Waals surface area contributed by atoms with Crippen molar-refractivity contribution in [1.82, 2.24) is 0 Å². The summed E-state index contributed by atoms with van der Waals surface area (Å²) in [7, 11) is 0. The number of carbonyl (C=O) groups excluding carboxylic acids is 2. The molecule has 0 aromatic heterocycles. The molecule has 0 unspecified atom stereocenters. The van der Waals surface area contributed by atoms with Crippen molar-refractivity contribution in [2.24, 2.45) is 0 Å². The van der Waals surface area contributed by atoms with Gasteiger partial charge in [-0.3, -0.25) is 9.59 Å². The van der Waals surface area contributed by atoms with Crippen molar-refractivity contribution in [2.45, 2.75) is 20.8 Å². The van der Waals surface area contributed by atoms with Crippen molar-refractivity contribution in [3.63, 3.8) is 0 Å². The zero-order valence-electron chi connectivity index (χ0n) is 19.4.